The normalized spacial score (nSPS) is 19.0. The molecule has 1 aromatic heterocycles. The van der Waals surface area contributed by atoms with Crippen molar-refractivity contribution >= 4 is 27.3 Å². The lowest BCUT2D eigenvalue weighted by Gasteiger charge is -2.10. The molecule has 0 spiro atoms. The summed E-state index contributed by atoms with van der Waals surface area (Å²) in [5.74, 6) is 0. The first-order valence-electron chi connectivity index (χ1n) is 4.64. The first-order chi connectivity index (χ1) is 6.18. The molecule has 1 saturated carbocycles. The minimum absolute atomic E-state index is 0.468. The van der Waals surface area contributed by atoms with E-state index in [1.807, 2.05) is 11.3 Å². The Kier molecular flexibility index (Phi) is 2.51. The third-order valence-electron chi connectivity index (χ3n) is 2.86. The van der Waals surface area contributed by atoms with E-state index in [0.717, 1.165) is 13.0 Å². The molecule has 0 radical (unpaired) electrons. The highest BCUT2D eigenvalue weighted by Gasteiger charge is 2.44. The van der Waals surface area contributed by atoms with Gasteiger partial charge in [0.15, 0.2) is 0 Å². The molecule has 1 fully saturated rings. The van der Waals surface area contributed by atoms with E-state index >= 15 is 0 Å². The van der Waals surface area contributed by atoms with Gasteiger partial charge in [-0.2, -0.15) is 0 Å². The molecule has 2 rings (SSSR count). The minimum atomic E-state index is 0.468. The molecule has 1 aliphatic rings. The summed E-state index contributed by atoms with van der Waals surface area (Å²) in [6.45, 7) is 2.98. The molecule has 0 saturated heterocycles. The highest BCUT2D eigenvalue weighted by Crippen LogP contribution is 2.53. The fraction of sp³-hybridized carbons (Fsp3) is 0.600. The minimum Gasteiger partial charge on any atom is -0.330 e. The predicted octanol–water partition coefficient (Wildman–Crippen LogP) is 3.20. The molecule has 1 aromatic rings. The van der Waals surface area contributed by atoms with Crippen molar-refractivity contribution in [2.45, 2.75) is 31.6 Å². The topological polar surface area (TPSA) is 26.0 Å². The van der Waals surface area contributed by atoms with E-state index in [1.165, 1.54) is 27.1 Å². The molecule has 0 aromatic carbocycles. The van der Waals surface area contributed by atoms with Gasteiger partial charge in [-0.25, -0.2) is 0 Å². The lowest BCUT2D eigenvalue weighted by atomic mass is 10.0. The highest BCUT2D eigenvalue weighted by molar-refractivity contribution is 9.10. The van der Waals surface area contributed by atoms with Gasteiger partial charge in [-0.15, -0.1) is 11.3 Å². The third-order valence-corrected chi connectivity index (χ3v) is 5.24. The van der Waals surface area contributed by atoms with Crippen LogP contribution in [0.4, 0.5) is 0 Å². The van der Waals surface area contributed by atoms with Crippen LogP contribution in [0.2, 0.25) is 0 Å². The van der Waals surface area contributed by atoms with Crippen LogP contribution in [0.3, 0.4) is 0 Å². The van der Waals surface area contributed by atoms with Gasteiger partial charge in [-0.1, -0.05) is 0 Å². The van der Waals surface area contributed by atoms with Crippen LogP contribution in [-0.4, -0.2) is 6.54 Å². The first-order valence-corrected chi connectivity index (χ1v) is 6.25. The summed E-state index contributed by atoms with van der Waals surface area (Å²) in [4.78, 5) is 2.92. The van der Waals surface area contributed by atoms with Crippen LogP contribution < -0.4 is 5.73 Å². The van der Waals surface area contributed by atoms with Crippen molar-refractivity contribution in [3.05, 3.63) is 20.3 Å². The molecule has 1 aliphatic carbocycles. The van der Waals surface area contributed by atoms with E-state index in [0.29, 0.717) is 5.41 Å². The van der Waals surface area contributed by atoms with E-state index in [1.54, 1.807) is 0 Å². The van der Waals surface area contributed by atoms with Crippen molar-refractivity contribution in [1.29, 1.82) is 0 Å². The second kappa shape index (κ2) is 3.37. The van der Waals surface area contributed by atoms with Crippen LogP contribution in [0.15, 0.2) is 10.5 Å². The SMILES string of the molecule is Cc1sc(C2(CCN)CC2)cc1Br. The van der Waals surface area contributed by atoms with Crippen molar-refractivity contribution < 1.29 is 0 Å². The Morgan fingerprint density at radius 1 is 1.62 bits per heavy atom. The van der Waals surface area contributed by atoms with Crippen molar-refractivity contribution in [3.8, 4) is 0 Å². The van der Waals surface area contributed by atoms with Crippen molar-refractivity contribution in [3.63, 3.8) is 0 Å². The number of aryl methyl sites for hydroxylation is 1. The van der Waals surface area contributed by atoms with Crippen LogP contribution in [0, 0.1) is 6.92 Å². The first kappa shape index (κ1) is 9.69. The fourth-order valence-corrected chi connectivity index (χ4v) is 3.58. The van der Waals surface area contributed by atoms with E-state index in [9.17, 15) is 0 Å². The molecular formula is C10H14BrNS. The van der Waals surface area contributed by atoms with Gasteiger partial charge in [0.2, 0.25) is 0 Å². The van der Waals surface area contributed by atoms with Gasteiger partial charge in [-0.05, 0) is 54.7 Å². The molecule has 0 atom stereocenters. The molecule has 72 valence electrons. The lowest BCUT2D eigenvalue weighted by Crippen LogP contribution is -2.11. The van der Waals surface area contributed by atoms with E-state index in [2.05, 4.69) is 28.9 Å². The van der Waals surface area contributed by atoms with Crippen LogP contribution in [0.1, 0.15) is 29.0 Å². The Morgan fingerprint density at radius 2 is 2.31 bits per heavy atom. The quantitative estimate of drug-likeness (QED) is 0.887. The van der Waals surface area contributed by atoms with Crippen molar-refractivity contribution in [2.24, 2.45) is 5.73 Å². The number of rotatable bonds is 3. The smallest absolute Gasteiger partial charge is 0.0314 e. The molecule has 0 bridgehead atoms. The second-order valence-corrected chi connectivity index (χ2v) is 5.94. The number of hydrogen-bond donors (Lipinski definition) is 1. The zero-order chi connectivity index (χ0) is 9.47. The number of halogens is 1. The summed E-state index contributed by atoms with van der Waals surface area (Å²) in [6.07, 6.45) is 3.81. The van der Waals surface area contributed by atoms with Crippen molar-refractivity contribution in [1.82, 2.24) is 0 Å². The van der Waals surface area contributed by atoms with E-state index < -0.39 is 0 Å². The fourth-order valence-electron chi connectivity index (χ4n) is 1.77. The molecule has 1 heterocycles. The van der Waals surface area contributed by atoms with Gasteiger partial charge >= 0.3 is 0 Å². The average molecular weight is 260 g/mol. The van der Waals surface area contributed by atoms with Gasteiger partial charge in [0.05, 0.1) is 0 Å². The zero-order valence-corrected chi connectivity index (χ0v) is 10.2. The van der Waals surface area contributed by atoms with Gasteiger partial charge in [0.25, 0.3) is 0 Å². The molecule has 0 unspecified atom stereocenters. The second-order valence-electron chi connectivity index (χ2n) is 3.83. The van der Waals surface area contributed by atoms with Gasteiger partial charge < -0.3 is 5.73 Å². The molecule has 3 heteroatoms. The average Bonchev–Trinajstić information content (AvgIpc) is 2.78. The van der Waals surface area contributed by atoms with Gasteiger partial charge in [0, 0.05) is 19.6 Å². The molecule has 13 heavy (non-hydrogen) atoms. The van der Waals surface area contributed by atoms with Crippen LogP contribution in [0.5, 0.6) is 0 Å². The molecule has 2 N–H and O–H groups in total. The summed E-state index contributed by atoms with van der Waals surface area (Å²) < 4.78 is 1.26. The molecule has 0 aliphatic heterocycles. The maximum Gasteiger partial charge on any atom is 0.0314 e. The van der Waals surface area contributed by atoms with Gasteiger partial charge in [0.1, 0.15) is 0 Å². The Balaban J connectivity index is 2.25. The molecule has 0 amide bonds. The third kappa shape index (κ3) is 1.69. The lowest BCUT2D eigenvalue weighted by molar-refractivity contribution is 0.640. The molecule has 1 nitrogen and oxygen atoms in total. The summed E-state index contributed by atoms with van der Waals surface area (Å²) in [6, 6.07) is 2.28. The Hall–Kier alpha value is 0.140. The predicted molar refractivity (Wildman–Crippen MR) is 61.3 cm³/mol. The summed E-state index contributed by atoms with van der Waals surface area (Å²) in [5, 5.41) is 0. The maximum absolute atomic E-state index is 5.63. The maximum atomic E-state index is 5.63. The van der Waals surface area contributed by atoms with E-state index in [4.69, 9.17) is 5.73 Å². The molecular weight excluding hydrogens is 246 g/mol. The number of hydrogen-bond acceptors (Lipinski definition) is 2. The van der Waals surface area contributed by atoms with Crippen molar-refractivity contribution in [2.75, 3.05) is 6.54 Å². The Labute approximate surface area is 91.5 Å². The summed E-state index contributed by atoms with van der Waals surface area (Å²) >= 11 is 5.49. The van der Waals surface area contributed by atoms with Gasteiger partial charge in [-0.3, -0.25) is 0 Å². The Bertz CT molecular complexity index is 295. The Morgan fingerprint density at radius 3 is 2.69 bits per heavy atom. The summed E-state index contributed by atoms with van der Waals surface area (Å²) in [5.41, 5.74) is 6.10. The van der Waals surface area contributed by atoms with Crippen LogP contribution in [-0.2, 0) is 5.41 Å². The monoisotopic (exact) mass is 259 g/mol. The van der Waals surface area contributed by atoms with Crippen LogP contribution in [0.25, 0.3) is 0 Å². The standard InChI is InChI=1S/C10H14BrNS/c1-7-8(11)6-9(13-7)10(2-3-10)4-5-12/h6H,2-5,12H2,1H3. The van der Waals surface area contributed by atoms with Crippen LogP contribution >= 0.6 is 27.3 Å². The van der Waals surface area contributed by atoms with E-state index in [-0.39, 0.29) is 0 Å². The summed E-state index contributed by atoms with van der Waals surface area (Å²) in [7, 11) is 0. The number of nitrogens with two attached hydrogens (primary N) is 1. The largest absolute Gasteiger partial charge is 0.330 e. The number of thiophene rings is 1. The highest BCUT2D eigenvalue weighted by atomic mass is 79.9. The zero-order valence-electron chi connectivity index (χ0n) is 7.77.